The number of nitrogens with zero attached hydrogens (tertiary/aromatic N) is 1. The van der Waals surface area contributed by atoms with Gasteiger partial charge in [0.05, 0.1) is 20.1 Å². The fourth-order valence-corrected chi connectivity index (χ4v) is 4.59. The molecule has 0 radical (unpaired) electrons. The number of carbonyl (C=O) groups excluding carboxylic acids is 1. The first-order chi connectivity index (χ1) is 13.9. The van der Waals surface area contributed by atoms with Crippen LogP contribution in [0.1, 0.15) is 48.8 Å². The smallest absolute Gasteiger partial charge is 0.244 e. The molecule has 5 heteroatoms. The highest BCUT2D eigenvalue weighted by Gasteiger charge is 2.29. The van der Waals surface area contributed by atoms with Crippen LogP contribution in [0.15, 0.2) is 59.1 Å². The summed E-state index contributed by atoms with van der Waals surface area (Å²) in [7, 11) is 4.73. The largest absolute Gasteiger partial charge is 1.00 e. The SMILES string of the molecule is C[N+](C)(Cc1ccc(CNC(=O)/C=C/c2cccc(Br)c2)cc1)C1CCCCC1.[I-]. The summed E-state index contributed by atoms with van der Waals surface area (Å²) in [4.78, 5) is 12.1. The molecule has 30 heavy (non-hydrogen) atoms. The van der Waals surface area contributed by atoms with Gasteiger partial charge in [0.1, 0.15) is 6.54 Å². The molecule has 1 aliphatic carbocycles. The average molecular weight is 583 g/mol. The van der Waals surface area contributed by atoms with E-state index in [4.69, 9.17) is 0 Å². The van der Waals surface area contributed by atoms with Crippen molar-refractivity contribution in [3.63, 3.8) is 0 Å². The first-order valence-corrected chi connectivity index (χ1v) is 11.3. The summed E-state index contributed by atoms with van der Waals surface area (Å²) in [5.74, 6) is -0.0795. The monoisotopic (exact) mass is 582 g/mol. The summed E-state index contributed by atoms with van der Waals surface area (Å²) < 4.78 is 2.07. The Morgan fingerprint density at radius 1 is 1.07 bits per heavy atom. The standard InChI is InChI=1S/C25H31BrN2O.HI/c1-28(2,24-9-4-3-5-10-24)19-22-13-11-21(12-14-22)18-27-25(29)16-15-20-7-6-8-23(26)17-20;/h6-8,11-17,24H,3-5,9-10,18-19H2,1-2H3;1H/b16-15+;. The quantitative estimate of drug-likeness (QED) is 0.304. The molecule has 0 unspecified atom stereocenters. The number of hydrogen-bond acceptors (Lipinski definition) is 1. The lowest BCUT2D eigenvalue weighted by molar-refractivity contribution is -0.929. The number of amides is 1. The Balaban J connectivity index is 0.00000320. The summed E-state index contributed by atoms with van der Waals surface area (Å²) in [5, 5.41) is 2.96. The van der Waals surface area contributed by atoms with Crippen molar-refractivity contribution in [2.45, 2.75) is 51.2 Å². The van der Waals surface area contributed by atoms with Crippen molar-refractivity contribution in [1.82, 2.24) is 5.32 Å². The van der Waals surface area contributed by atoms with E-state index in [1.807, 2.05) is 30.3 Å². The maximum Gasteiger partial charge on any atom is 0.244 e. The molecule has 0 bridgehead atoms. The molecule has 2 aromatic carbocycles. The fraction of sp³-hybridized carbons (Fsp3) is 0.400. The minimum absolute atomic E-state index is 0. The van der Waals surface area contributed by atoms with Gasteiger partial charge in [-0.05, 0) is 55.0 Å². The average Bonchev–Trinajstić information content (AvgIpc) is 2.72. The van der Waals surface area contributed by atoms with Crippen LogP contribution in [0.25, 0.3) is 6.08 Å². The number of carbonyl (C=O) groups is 1. The van der Waals surface area contributed by atoms with Crippen LogP contribution in [0.5, 0.6) is 0 Å². The molecule has 1 fully saturated rings. The van der Waals surface area contributed by atoms with E-state index in [0.29, 0.717) is 6.54 Å². The molecule has 0 spiro atoms. The second-order valence-electron chi connectivity index (χ2n) is 8.65. The van der Waals surface area contributed by atoms with Crippen molar-refractivity contribution >= 4 is 27.9 Å². The second kappa shape index (κ2) is 12.0. The van der Waals surface area contributed by atoms with Gasteiger partial charge in [-0.25, -0.2) is 0 Å². The van der Waals surface area contributed by atoms with Gasteiger partial charge in [0.2, 0.25) is 5.91 Å². The maximum atomic E-state index is 12.1. The molecule has 3 nitrogen and oxygen atoms in total. The maximum absolute atomic E-state index is 12.1. The molecule has 0 aliphatic heterocycles. The van der Waals surface area contributed by atoms with E-state index in [-0.39, 0.29) is 29.9 Å². The van der Waals surface area contributed by atoms with E-state index in [1.165, 1.54) is 37.7 Å². The zero-order chi connectivity index (χ0) is 20.7. The first kappa shape index (κ1) is 25.1. The van der Waals surface area contributed by atoms with Crippen LogP contribution < -0.4 is 29.3 Å². The van der Waals surface area contributed by atoms with E-state index in [1.54, 1.807) is 6.08 Å². The van der Waals surface area contributed by atoms with Crippen LogP contribution in [0.2, 0.25) is 0 Å². The van der Waals surface area contributed by atoms with Crippen LogP contribution in [0.4, 0.5) is 0 Å². The molecule has 3 rings (SSSR count). The molecule has 1 amide bonds. The van der Waals surface area contributed by atoms with E-state index in [0.717, 1.165) is 32.7 Å². The highest BCUT2D eigenvalue weighted by atomic mass is 127. The van der Waals surface area contributed by atoms with Crippen molar-refractivity contribution in [3.8, 4) is 0 Å². The van der Waals surface area contributed by atoms with E-state index in [2.05, 4.69) is 59.6 Å². The van der Waals surface area contributed by atoms with Gasteiger partial charge in [0, 0.05) is 22.7 Å². The second-order valence-corrected chi connectivity index (χ2v) is 9.57. The lowest BCUT2D eigenvalue weighted by atomic mass is 9.92. The van der Waals surface area contributed by atoms with Gasteiger partial charge in [-0.3, -0.25) is 4.79 Å². The van der Waals surface area contributed by atoms with Gasteiger partial charge in [0.15, 0.2) is 0 Å². The molecular weight excluding hydrogens is 551 g/mol. The third-order valence-electron chi connectivity index (χ3n) is 5.92. The van der Waals surface area contributed by atoms with Crippen molar-refractivity contribution in [2.75, 3.05) is 14.1 Å². The van der Waals surface area contributed by atoms with Crippen molar-refractivity contribution in [1.29, 1.82) is 0 Å². The molecule has 1 aliphatic rings. The number of benzene rings is 2. The van der Waals surface area contributed by atoms with Crippen molar-refractivity contribution in [3.05, 3.63) is 75.8 Å². The number of rotatable bonds is 7. The van der Waals surface area contributed by atoms with Gasteiger partial charge in [-0.2, -0.15) is 0 Å². The lowest BCUT2D eigenvalue weighted by Gasteiger charge is -2.40. The topological polar surface area (TPSA) is 29.1 Å². The van der Waals surface area contributed by atoms with Crippen LogP contribution in [0, 0.1) is 0 Å². The summed E-state index contributed by atoms with van der Waals surface area (Å²) in [5.41, 5.74) is 3.49. The third-order valence-corrected chi connectivity index (χ3v) is 6.41. The van der Waals surface area contributed by atoms with Crippen LogP contribution in [-0.4, -0.2) is 30.5 Å². The van der Waals surface area contributed by atoms with Crippen molar-refractivity contribution < 1.29 is 33.3 Å². The van der Waals surface area contributed by atoms with Crippen molar-refractivity contribution in [2.24, 2.45) is 0 Å². The Morgan fingerprint density at radius 2 is 1.73 bits per heavy atom. The van der Waals surface area contributed by atoms with E-state index >= 15 is 0 Å². The lowest BCUT2D eigenvalue weighted by Crippen LogP contribution is -3.00. The first-order valence-electron chi connectivity index (χ1n) is 10.5. The predicted octanol–water partition coefficient (Wildman–Crippen LogP) is 2.69. The van der Waals surface area contributed by atoms with E-state index < -0.39 is 0 Å². The zero-order valence-electron chi connectivity index (χ0n) is 17.9. The zero-order valence-corrected chi connectivity index (χ0v) is 21.7. The Labute approximate surface area is 206 Å². The van der Waals surface area contributed by atoms with Crippen LogP contribution in [-0.2, 0) is 17.9 Å². The Hall–Kier alpha value is -1.18. The summed E-state index contributed by atoms with van der Waals surface area (Å²) in [6, 6.07) is 17.3. The van der Waals surface area contributed by atoms with Gasteiger partial charge in [-0.1, -0.05) is 58.7 Å². The Bertz CT molecular complexity index is 842. The summed E-state index contributed by atoms with van der Waals surface area (Å²) in [6.45, 7) is 1.61. The molecule has 0 atom stereocenters. The molecular formula is C25H32BrIN2O. The normalized spacial score (nSPS) is 15.0. The summed E-state index contributed by atoms with van der Waals surface area (Å²) in [6.07, 6.45) is 10.3. The minimum atomic E-state index is -0.0795. The van der Waals surface area contributed by atoms with Crippen LogP contribution >= 0.6 is 15.9 Å². The van der Waals surface area contributed by atoms with Crippen LogP contribution in [0.3, 0.4) is 0 Å². The van der Waals surface area contributed by atoms with Gasteiger partial charge in [0.25, 0.3) is 0 Å². The number of halogens is 2. The molecule has 0 saturated heterocycles. The Kier molecular flexibility index (Phi) is 10.0. The number of quaternary nitrogens is 1. The molecule has 0 heterocycles. The molecule has 1 N–H and O–H groups in total. The predicted molar refractivity (Wildman–Crippen MR) is 124 cm³/mol. The van der Waals surface area contributed by atoms with Gasteiger partial charge < -0.3 is 33.8 Å². The number of hydrogen-bond donors (Lipinski definition) is 1. The Morgan fingerprint density at radius 3 is 2.40 bits per heavy atom. The highest BCUT2D eigenvalue weighted by Crippen LogP contribution is 2.27. The molecule has 162 valence electrons. The minimum Gasteiger partial charge on any atom is -1.00 e. The van der Waals surface area contributed by atoms with Gasteiger partial charge >= 0.3 is 0 Å². The molecule has 1 saturated carbocycles. The number of nitrogens with one attached hydrogen (secondary N) is 1. The van der Waals surface area contributed by atoms with E-state index in [9.17, 15) is 4.79 Å². The molecule has 2 aromatic rings. The highest BCUT2D eigenvalue weighted by molar-refractivity contribution is 9.10. The summed E-state index contributed by atoms with van der Waals surface area (Å²) >= 11 is 3.44. The van der Waals surface area contributed by atoms with Gasteiger partial charge in [-0.15, -0.1) is 0 Å². The third kappa shape index (κ3) is 7.82. The molecule has 0 aromatic heterocycles. The fourth-order valence-electron chi connectivity index (χ4n) is 4.17.